The Hall–Kier alpha value is -2.41. The number of thiazole rings is 1. The van der Waals surface area contributed by atoms with Crippen molar-refractivity contribution in [2.45, 2.75) is 20.8 Å². The summed E-state index contributed by atoms with van der Waals surface area (Å²) in [6, 6.07) is 4.12. The summed E-state index contributed by atoms with van der Waals surface area (Å²) in [5, 5.41) is 14.7. The number of aromatic nitrogens is 1. The Kier molecular flexibility index (Phi) is 4.23. The topological polar surface area (TPSA) is 91.3 Å². The Morgan fingerprint density at radius 1 is 1.19 bits per heavy atom. The number of carbonyl (C=O) groups excluding carboxylic acids is 1. The van der Waals surface area contributed by atoms with Gasteiger partial charge in [0, 0.05) is 10.6 Å². The standard InChI is InChI=1S/C14H15N3O3S/c1-7-4-5-10(12(18)19)6-11(7)16-13(20)17-14-15-8(2)9(3)21-14/h4-6H,1-3H3,(H,18,19)(H2,15,16,17,20). The van der Waals surface area contributed by atoms with E-state index in [-0.39, 0.29) is 5.56 Å². The normalized spacial score (nSPS) is 10.2. The SMILES string of the molecule is Cc1ccc(C(=O)O)cc1NC(=O)Nc1nc(C)c(C)s1. The summed E-state index contributed by atoms with van der Waals surface area (Å²) in [5.74, 6) is -1.04. The minimum atomic E-state index is -1.04. The van der Waals surface area contributed by atoms with E-state index in [2.05, 4.69) is 15.6 Å². The molecule has 21 heavy (non-hydrogen) atoms. The summed E-state index contributed by atoms with van der Waals surface area (Å²) < 4.78 is 0. The number of hydrogen-bond donors (Lipinski definition) is 3. The average molecular weight is 305 g/mol. The first-order chi connectivity index (χ1) is 9.86. The van der Waals surface area contributed by atoms with Crippen molar-refractivity contribution in [1.82, 2.24) is 4.98 Å². The van der Waals surface area contributed by atoms with Gasteiger partial charge in [-0.1, -0.05) is 6.07 Å². The third kappa shape index (κ3) is 3.57. The number of carbonyl (C=O) groups is 2. The van der Waals surface area contributed by atoms with Gasteiger partial charge in [0.15, 0.2) is 5.13 Å². The third-order valence-corrected chi connectivity index (χ3v) is 3.97. The molecule has 1 aromatic heterocycles. The number of amides is 2. The molecule has 0 fully saturated rings. The van der Waals surface area contributed by atoms with Crippen LogP contribution in [-0.4, -0.2) is 22.1 Å². The molecule has 3 N–H and O–H groups in total. The highest BCUT2D eigenvalue weighted by atomic mass is 32.1. The molecule has 0 aliphatic rings. The summed E-state index contributed by atoms with van der Waals surface area (Å²) in [4.78, 5) is 28.1. The van der Waals surface area contributed by atoms with Gasteiger partial charge in [-0.3, -0.25) is 5.32 Å². The van der Waals surface area contributed by atoms with Crippen molar-refractivity contribution >= 4 is 34.2 Å². The molecule has 1 heterocycles. The van der Waals surface area contributed by atoms with Crippen LogP contribution in [0.4, 0.5) is 15.6 Å². The highest BCUT2D eigenvalue weighted by Crippen LogP contribution is 2.22. The van der Waals surface area contributed by atoms with Crippen LogP contribution in [0, 0.1) is 20.8 Å². The molecule has 2 amide bonds. The van der Waals surface area contributed by atoms with E-state index in [1.54, 1.807) is 13.0 Å². The summed E-state index contributed by atoms with van der Waals surface area (Å²) in [6.45, 7) is 5.59. The molecule has 0 bridgehead atoms. The molecule has 7 heteroatoms. The van der Waals surface area contributed by atoms with Crippen molar-refractivity contribution in [1.29, 1.82) is 0 Å². The molecule has 0 saturated carbocycles. The van der Waals surface area contributed by atoms with Gasteiger partial charge < -0.3 is 10.4 Å². The molecule has 2 rings (SSSR count). The number of aryl methyl sites for hydroxylation is 3. The Balaban J connectivity index is 2.12. The first kappa shape index (κ1) is 15.0. The second-order valence-electron chi connectivity index (χ2n) is 4.57. The van der Waals surface area contributed by atoms with Gasteiger partial charge in [0.1, 0.15) is 0 Å². The maximum atomic E-state index is 11.9. The largest absolute Gasteiger partial charge is 0.478 e. The highest BCUT2D eigenvalue weighted by molar-refractivity contribution is 7.15. The maximum Gasteiger partial charge on any atom is 0.335 e. The predicted octanol–water partition coefficient (Wildman–Crippen LogP) is 3.41. The van der Waals surface area contributed by atoms with Crippen LogP contribution in [0.5, 0.6) is 0 Å². The lowest BCUT2D eigenvalue weighted by Gasteiger charge is -2.09. The molecular weight excluding hydrogens is 290 g/mol. The molecule has 1 aromatic carbocycles. The molecular formula is C14H15N3O3S. The lowest BCUT2D eigenvalue weighted by atomic mass is 10.1. The van der Waals surface area contributed by atoms with Crippen LogP contribution in [-0.2, 0) is 0 Å². The molecule has 0 spiro atoms. The number of nitrogens with one attached hydrogen (secondary N) is 2. The summed E-state index contributed by atoms with van der Waals surface area (Å²) in [7, 11) is 0. The molecule has 0 radical (unpaired) electrons. The van der Waals surface area contributed by atoms with E-state index in [9.17, 15) is 9.59 Å². The molecule has 0 aliphatic heterocycles. The second kappa shape index (κ2) is 5.92. The van der Waals surface area contributed by atoms with Crippen LogP contribution < -0.4 is 10.6 Å². The van der Waals surface area contributed by atoms with Crippen molar-refractivity contribution in [2.24, 2.45) is 0 Å². The minimum absolute atomic E-state index is 0.122. The number of aromatic carboxylic acids is 1. The van der Waals surface area contributed by atoms with E-state index in [4.69, 9.17) is 5.11 Å². The number of rotatable bonds is 3. The van der Waals surface area contributed by atoms with Gasteiger partial charge in [0.05, 0.1) is 11.3 Å². The van der Waals surface area contributed by atoms with Crippen LogP contribution in [0.25, 0.3) is 0 Å². The van der Waals surface area contributed by atoms with E-state index >= 15 is 0 Å². The van der Waals surface area contributed by atoms with Crippen LogP contribution in [0.15, 0.2) is 18.2 Å². The third-order valence-electron chi connectivity index (χ3n) is 2.98. The van der Waals surface area contributed by atoms with E-state index in [1.807, 2.05) is 13.8 Å². The van der Waals surface area contributed by atoms with Gasteiger partial charge in [0.25, 0.3) is 0 Å². The quantitative estimate of drug-likeness (QED) is 0.810. The zero-order valence-corrected chi connectivity index (χ0v) is 12.7. The second-order valence-corrected chi connectivity index (χ2v) is 5.78. The van der Waals surface area contributed by atoms with Crippen LogP contribution in [0.1, 0.15) is 26.5 Å². The molecule has 0 atom stereocenters. The highest BCUT2D eigenvalue weighted by Gasteiger charge is 2.11. The summed E-state index contributed by atoms with van der Waals surface area (Å²) in [5.41, 5.74) is 2.23. The maximum absolute atomic E-state index is 11.9. The number of nitrogens with zero attached hydrogens (tertiary/aromatic N) is 1. The number of carboxylic acid groups (broad SMARTS) is 1. The molecule has 2 aromatic rings. The van der Waals surface area contributed by atoms with Crippen LogP contribution >= 0.6 is 11.3 Å². The van der Waals surface area contributed by atoms with Crippen molar-refractivity contribution in [3.8, 4) is 0 Å². The molecule has 110 valence electrons. The van der Waals surface area contributed by atoms with E-state index in [0.29, 0.717) is 10.8 Å². The zero-order valence-electron chi connectivity index (χ0n) is 11.9. The lowest BCUT2D eigenvalue weighted by Crippen LogP contribution is -2.20. The van der Waals surface area contributed by atoms with Crippen molar-refractivity contribution in [3.63, 3.8) is 0 Å². The Morgan fingerprint density at radius 3 is 2.48 bits per heavy atom. The fourth-order valence-corrected chi connectivity index (χ4v) is 2.48. The molecule has 6 nitrogen and oxygen atoms in total. The number of hydrogen-bond acceptors (Lipinski definition) is 4. The van der Waals surface area contributed by atoms with Gasteiger partial charge >= 0.3 is 12.0 Å². The van der Waals surface area contributed by atoms with Gasteiger partial charge in [-0.05, 0) is 38.5 Å². The smallest absolute Gasteiger partial charge is 0.335 e. The monoisotopic (exact) mass is 305 g/mol. The molecule has 0 aliphatic carbocycles. The van der Waals surface area contributed by atoms with Gasteiger partial charge in [0.2, 0.25) is 0 Å². The minimum Gasteiger partial charge on any atom is -0.478 e. The fourth-order valence-electron chi connectivity index (χ4n) is 1.67. The van der Waals surface area contributed by atoms with Crippen molar-refractivity contribution in [3.05, 3.63) is 39.9 Å². The predicted molar refractivity (Wildman–Crippen MR) is 82.4 cm³/mol. The number of anilines is 2. The van der Waals surface area contributed by atoms with E-state index in [1.165, 1.54) is 23.5 Å². The van der Waals surface area contributed by atoms with Crippen LogP contribution in [0.2, 0.25) is 0 Å². The lowest BCUT2D eigenvalue weighted by molar-refractivity contribution is 0.0697. The van der Waals surface area contributed by atoms with Gasteiger partial charge in [-0.2, -0.15) is 0 Å². The van der Waals surface area contributed by atoms with E-state index < -0.39 is 12.0 Å². The molecule has 0 saturated heterocycles. The van der Waals surface area contributed by atoms with Crippen molar-refractivity contribution < 1.29 is 14.7 Å². The van der Waals surface area contributed by atoms with Crippen molar-refractivity contribution in [2.75, 3.05) is 10.6 Å². The van der Waals surface area contributed by atoms with Gasteiger partial charge in [-0.15, -0.1) is 11.3 Å². The number of benzene rings is 1. The number of carboxylic acids is 1. The summed E-state index contributed by atoms with van der Waals surface area (Å²) in [6.07, 6.45) is 0. The fraction of sp³-hybridized carbons (Fsp3) is 0.214. The Bertz CT molecular complexity index is 690. The first-order valence-electron chi connectivity index (χ1n) is 6.23. The molecule has 0 unspecified atom stereocenters. The zero-order chi connectivity index (χ0) is 15.6. The van der Waals surface area contributed by atoms with Gasteiger partial charge in [-0.25, -0.2) is 14.6 Å². The average Bonchev–Trinajstić information content (AvgIpc) is 2.70. The summed E-state index contributed by atoms with van der Waals surface area (Å²) >= 11 is 1.39. The first-order valence-corrected chi connectivity index (χ1v) is 7.04. The van der Waals surface area contributed by atoms with Crippen LogP contribution in [0.3, 0.4) is 0 Å². The van der Waals surface area contributed by atoms with E-state index in [0.717, 1.165) is 16.1 Å². The Morgan fingerprint density at radius 2 is 1.90 bits per heavy atom. The number of urea groups is 1. The Labute approximate surface area is 125 Å².